The zero-order chi connectivity index (χ0) is 16.0. The second kappa shape index (κ2) is 8.13. The molecular weight excluding hydrogens is 267 g/mol. The van der Waals surface area contributed by atoms with Crippen molar-refractivity contribution < 1.29 is 9.18 Å². The summed E-state index contributed by atoms with van der Waals surface area (Å²) in [6.07, 6.45) is 2.13. The molecule has 21 heavy (non-hydrogen) atoms. The van der Waals surface area contributed by atoms with Gasteiger partial charge in [-0.2, -0.15) is 0 Å². The number of likely N-dealkylation sites (N-methyl/N-ethyl adjacent to an activating group) is 1. The van der Waals surface area contributed by atoms with Gasteiger partial charge in [0.1, 0.15) is 5.82 Å². The summed E-state index contributed by atoms with van der Waals surface area (Å²) in [5, 5.41) is 2.88. The molecule has 4 heteroatoms. The normalized spacial score (nSPS) is 12.8. The molecule has 0 fully saturated rings. The Morgan fingerprint density at radius 3 is 2.43 bits per heavy atom. The molecule has 1 rings (SSSR count). The Bertz CT molecular complexity index is 470. The lowest BCUT2D eigenvalue weighted by Gasteiger charge is -2.31. The zero-order valence-corrected chi connectivity index (χ0v) is 13.7. The van der Waals surface area contributed by atoms with Gasteiger partial charge in [0.05, 0.1) is 5.56 Å². The van der Waals surface area contributed by atoms with E-state index in [0.29, 0.717) is 12.5 Å². The Balaban J connectivity index is 2.75. The maximum Gasteiger partial charge on any atom is 0.254 e. The minimum absolute atomic E-state index is 0.122. The summed E-state index contributed by atoms with van der Waals surface area (Å²) in [4.78, 5) is 14.3. The maximum absolute atomic E-state index is 13.7. The van der Waals surface area contributed by atoms with E-state index in [4.69, 9.17) is 0 Å². The highest BCUT2D eigenvalue weighted by molar-refractivity contribution is 5.94. The van der Waals surface area contributed by atoms with Crippen molar-refractivity contribution in [1.29, 1.82) is 0 Å². The van der Waals surface area contributed by atoms with Gasteiger partial charge in [-0.05, 0) is 39.1 Å². The zero-order valence-electron chi connectivity index (χ0n) is 13.7. The molecule has 1 unspecified atom stereocenters. The van der Waals surface area contributed by atoms with Crippen molar-refractivity contribution in [3.8, 4) is 0 Å². The summed E-state index contributed by atoms with van der Waals surface area (Å²) >= 11 is 0. The number of carbonyl (C=O) groups is 1. The van der Waals surface area contributed by atoms with Crippen LogP contribution in [0.25, 0.3) is 0 Å². The minimum Gasteiger partial charge on any atom is -0.350 e. The van der Waals surface area contributed by atoms with E-state index in [1.165, 1.54) is 6.07 Å². The van der Waals surface area contributed by atoms with Crippen LogP contribution in [0.3, 0.4) is 0 Å². The average molecular weight is 294 g/mol. The fourth-order valence-electron chi connectivity index (χ4n) is 2.71. The number of carbonyl (C=O) groups excluding carboxylic acids is 1. The molecule has 0 bridgehead atoms. The first kappa shape index (κ1) is 17.6. The molecule has 1 N–H and O–H groups in total. The molecule has 0 aromatic heterocycles. The molecule has 0 aliphatic rings. The molecule has 0 heterocycles. The van der Waals surface area contributed by atoms with Gasteiger partial charge in [-0.15, -0.1) is 0 Å². The Labute approximate surface area is 127 Å². The Hall–Kier alpha value is -1.42. The number of nitrogens with zero attached hydrogens (tertiary/aromatic N) is 1. The predicted molar refractivity (Wildman–Crippen MR) is 85.0 cm³/mol. The number of amides is 1. The van der Waals surface area contributed by atoms with Crippen molar-refractivity contribution >= 4 is 5.91 Å². The first-order valence-corrected chi connectivity index (χ1v) is 7.61. The second-order valence-electron chi connectivity index (χ2n) is 5.80. The molecular formula is C17H27FN2O. The third-order valence-electron chi connectivity index (χ3n) is 4.09. The monoisotopic (exact) mass is 294 g/mol. The summed E-state index contributed by atoms with van der Waals surface area (Å²) in [6.45, 7) is 6.70. The van der Waals surface area contributed by atoms with Crippen LogP contribution in [0.1, 0.15) is 42.6 Å². The van der Waals surface area contributed by atoms with Crippen LogP contribution < -0.4 is 5.32 Å². The number of benzene rings is 1. The molecule has 3 nitrogen and oxygen atoms in total. The number of hydrogen-bond acceptors (Lipinski definition) is 2. The first-order chi connectivity index (χ1) is 9.90. The summed E-state index contributed by atoms with van der Waals surface area (Å²) in [6, 6.07) is 4.86. The summed E-state index contributed by atoms with van der Waals surface area (Å²) in [7, 11) is 4.03. The average Bonchev–Trinajstić information content (AvgIpc) is 2.45. The van der Waals surface area contributed by atoms with E-state index in [-0.39, 0.29) is 17.5 Å². The fourth-order valence-corrected chi connectivity index (χ4v) is 2.71. The highest BCUT2D eigenvalue weighted by Crippen LogP contribution is 2.17. The van der Waals surface area contributed by atoms with Crippen molar-refractivity contribution in [2.45, 2.75) is 39.7 Å². The van der Waals surface area contributed by atoms with Gasteiger partial charge in [0, 0.05) is 12.6 Å². The molecule has 1 aromatic carbocycles. The second-order valence-corrected chi connectivity index (χ2v) is 5.80. The van der Waals surface area contributed by atoms with Gasteiger partial charge in [0.2, 0.25) is 0 Å². The van der Waals surface area contributed by atoms with Gasteiger partial charge in [-0.3, -0.25) is 4.79 Å². The molecule has 0 aliphatic carbocycles. The summed E-state index contributed by atoms with van der Waals surface area (Å²) < 4.78 is 13.7. The van der Waals surface area contributed by atoms with E-state index in [9.17, 15) is 9.18 Å². The van der Waals surface area contributed by atoms with E-state index in [2.05, 4.69) is 24.1 Å². The third-order valence-corrected chi connectivity index (χ3v) is 4.09. The van der Waals surface area contributed by atoms with Crippen molar-refractivity contribution in [2.24, 2.45) is 5.92 Å². The van der Waals surface area contributed by atoms with Crippen molar-refractivity contribution in [1.82, 2.24) is 10.2 Å². The number of hydrogen-bond donors (Lipinski definition) is 1. The number of halogens is 1. The van der Waals surface area contributed by atoms with E-state index < -0.39 is 5.82 Å². The van der Waals surface area contributed by atoms with Crippen LogP contribution in [0.15, 0.2) is 18.2 Å². The number of nitrogens with one attached hydrogen (secondary N) is 1. The van der Waals surface area contributed by atoms with Crippen LogP contribution in [0.2, 0.25) is 0 Å². The van der Waals surface area contributed by atoms with Crippen LogP contribution in [0.4, 0.5) is 4.39 Å². The minimum atomic E-state index is -0.470. The van der Waals surface area contributed by atoms with Crippen LogP contribution in [0.5, 0.6) is 0 Å². The highest BCUT2D eigenvalue weighted by Gasteiger charge is 2.22. The van der Waals surface area contributed by atoms with Crippen molar-refractivity contribution in [3.63, 3.8) is 0 Å². The van der Waals surface area contributed by atoms with Crippen LogP contribution >= 0.6 is 0 Å². The highest BCUT2D eigenvalue weighted by atomic mass is 19.1. The molecule has 1 amide bonds. The third kappa shape index (κ3) is 4.81. The summed E-state index contributed by atoms with van der Waals surface area (Å²) in [5.74, 6) is -0.293. The van der Waals surface area contributed by atoms with Gasteiger partial charge < -0.3 is 10.2 Å². The molecule has 0 saturated carbocycles. The lowest BCUT2D eigenvalue weighted by molar-refractivity contribution is 0.0924. The quantitative estimate of drug-likeness (QED) is 0.837. The van der Waals surface area contributed by atoms with Gasteiger partial charge in [0.25, 0.3) is 5.91 Å². The Morgan fingerprint density at radius 1 is 1.29 bits per heavy atom. The first-order valence-electron chi connectivity index (χ1n) is 7.61. The van der Waals surface area contributed by atoms with Gasteiger partial charge in [-0.25, -0.2) is 4.39 Å². The number of aryl methyl sites for hydroxylation is 1. The lowest BCUT2D eigenvalue weighted by Crippen LogP contribution is -2.44. The van der Waals surface area contributed by atoms with E-state index in [1.54, 1.807) is 12.1 Å². The standard InChI is InChI=1S/C17H27FN2O/c1-6-13(7-2)16(20(4)5)11-19-17(21)14-10-12(3)8-9-15(14)18/h8-10,13,16H,6-7,11H2,1-5H3,(H,19,21). The van der Waals surface area contributed by atoms with Crippen LogP contribution in [-0.2, 0) is 0 Å². The van der Waals surface area contributed by atoms with Crippen LogP contribution in [0, 0.1) is 18.7 Å². The fraction of sp³-hybridized carbons (Fsp3) is 0.588. The lowest BCUT2D eigenvalue weighted by atomic mass is 9.93. The predicted octanol–water partition coefficient (Wildman–Crippen LogP) is 3.23. The molecule has 0 radical (unpaired) electrons. The van der Waals surface area contributed by atoms with Gasteiger partial charge >= 0.3 is 0 Å². The molecule has 0 aliphatic heterocycles. The Morgan fingerprint density at radius 2 is 1.90 bits per heavy atom. The van der Waals surface area contributed by atoms with E-state index in [0.717, 1.165) is 18.4 Å². The molecule has 1 aromatic rings. The van der Waals surface area contributed by atoms with E-state index in [1.807, 2.05) is 21.0 Å². The molecule has 118 valence electrons. The molecule has 0 spiro atoms. The van der Waals surface area contributed by atoms with Crippen molar-refractivity contribution in [2.75, 3.05) is 20.6 Å². The molecule has 0 saturated heterocycles. The summed E-state index contributed by atoms with van der Waals surface area (Å²) in [5.41, 5.74) is 1.00. The van der Waals surface area contributed by atoms with Gasteiger partial charge in [0.15, 0.2) is 0 Å². The molecule has 1 atom stereocenters. The number of rotatable bonds is 7. The Kier molecular flexibility index (Phi) is 6.82. The van der Waals surface area contributed by atoms with E-state index >= 15 is 0 Å². The van der Waals surface area contributed by atoms with Gasteiger partial charge in [-0.1, -0.05) is 38.3 Å². The smallest absolute Gasteiger partial charge is 0.254 e. The van der Waals surface area contributed by atoms with Crippen LogP contribution in [-0.4, -0.2) is 37.5 Å². The topological polar surface area (TPSA) is 32.3 Å². The maximum atomic E-state index is 13.7. The van der Waals surface area contributed by atoms with Crippen molar-refractivity contribution in [3.05, 3.63) is 35.1 Å². The largest absolute Gasteiger partial charge is 0.350 e. The SMILES string of the molecule is CCC(CC)C(CNC(=O)c1cc(C)ccc1F)N(C)C.